The summed E-state index contributed by atoms with van der Waals surface area (Å²) in [5.74, 6) is 0. The Hall–Kier alpha value is -1.53. The van der Waals surface area contributed by atoms with E-state index < -0.39 is 0 Å². The number of carbonyl (C=O) groups is 1. The van der Waals surface area contributed by atoms with Crippen LogP contribution in [0.1, 0.15) is 6.92 Å². The number of hydrogen-bond acceptors (Lipinski definition) is 2. The fourth-order valence-corrected chi connectivity index (χ4v) is 0.560. The molecule has 82 valence electrons. The van der Waals surface area contributed by atoms with Crippen molar-refractivity contribution >= 4 is 18.0 Å². The molecule has 0 saturated carbocycles. The van der Waals surface area contributed by atoms with Crippen LogP contribution in [0.15, 0.2) is 30.3 Å². The molecule has 0 N–H and O–H groups in total. The van der Waals surface area contributed by atoms with Gasteiger partial charge in [-0.3, -0.25) is 4.79 Å². The van der Waals surface area contributed by atoms with E-state index in [-0.39, 0.29) is 0 Å². The molecule has 0 aromatic heterocycles. The SMILES string of the molecule is CC#N.CN(C)C=O.Clc1ccccc1. The summed E-state index contributed by atoms with van der Waals surface area (Å²) in [6.07, 6.45) is 0.750. The molecule has 0 spiro atoms. The summed E-state index contributed by atoms with van der Waals surface area (Å²) in [6.45, 7) is 1.43. The second-order valence-corrected chi connectivity index (χ2v) is 3.02. The molecular formula is C11H15ClN2O. The predicted octanol–water partition coefficient (Wildman–Crippen LogP) is 2.57. The van der Waals surface area contributed by atoms with E-state index in [4.69, 9.17) is 16.9 Å². The summed E-state index contributed by atoms with van der Waals surface area (Å²) in [4.78, 5) is 10.9. The Morgan fingerprint density at radius 2 is 1.67 bits per heavy atom. The average Bonchev–Trinajstić information content (AvgIpc) is 2.21. The Labute approximate surface area is 95.9 Å². The topological polar surface area (TPSA) is 44.1 Å². The molecule has 0 aliphatic carbocycles. The zero-order valence-corrected chi connectivity index (χ0v) is 9.90. The maximum absolute atomic E-state index is 9.43. The lowest BCUT2D eigenvalue weighted by molar-refractivity contribution is -0.115. The fraction of sp³-hybridized carbons (Fsp3) is 0.273. The summed E-state index contributed by atoms with van der Waals surface area (Å²) in [6, 6.07) is 11.2. The molecule has 0 aliphatic rings. The first kappa shape index (κ1) is 15.9. The molecule has 4 heteroatoms. The number of nitrogens with zero attached hydrogens (tertiary/aromatic N) is 2. The molecule has 0 atom stereocenters. The van der Waals surface area contributed by atoms with E-state index in [1.54, 1.807) is 20.2 Å². The summed E-state index contributed by atoms with van der Waals surface area (Å²) < 4.78 is 0. The van der Waals surface area contributed by atoms with Crippen LogP contribution in [0.5, 0.6) is 0 Å². The molecule has 0 fully saturated rings. The predicted molar refractivity (Wildman–Crippen MR) is 62.5 cm³/mol. The van der Waals surface area contributed by atoms with Crippen LogP contribution in [-0.4, -0.2) is 25.4 Å². The number of hydrogen-bond donors (Lipinski definition) is 0. The maximum Gasteiger partial charge on any atom is 0.209 e. The van der Waals surface area contributed by atoms with Gasteiger partial charge in [0.2, 0.25) is 6.41 Å². The van der Waals surface area contributed by atoms with E-state index in [0.717, 1.165) is 11.4 Å². The van der Waals surface area contributed by atoms with E-state index in [1.807, 2.05) is 30.3 Å². The first-order valence-corrected chi connectivity index (χ1v) is 4.59. The summed E-state index contributed by atoms with van der Waals surface area (Å²) in [5, 5.41) is 8.11. The largest absolute Gasteiger partial charge is 0.351 e. The Bertz CT molecular complexity index is 280. The van der Waals surface area contributed by atoms with Crippen molar-refractivity contribution in [2.45, 2.75) is 6.92 Å². The third-order valence-corrected chi connectivity index (χ3v) is 1.20. The number of amides is 1. The lowest BCUT2D eigenvalue weighted by Gasteiger charge is -1.93. The minimum atomic E-state index is 0.750. The Kier molecular flexibility index (Phi) is 13.2. The van der Waals surface area contributed by atoms with Gasteiger partial charge in [0, 0.05) is 26.0 Å². The number of nitriles is 1. The van der Waals surface area contributed by atoms with Crippen molar-refractivity contribution in [1.29, 1.82) is 5.26 Å². The van der Waals surface area contributed by atoms with Crippen LogP contribution < -0.4 is 0 Å². The van der Waals surface area contributed by atoms with Gasteiger partial charge in [-0.2, -0.15) is 5.26 Å². The van der Waals surface area contributed by atoms with Crippen LogP contribution in [0.2, 0.25) is 5.02 Å². The van der Waals surface area contributed by atoms with Crippen molar-refractivity contribution in [2.24, 2.45) is 0 Å². The smallest absolute Gasteiger partial charge is 0.209 e. The molecule has 3 nitrogen and oxygen atoms in total. The van der Waals surface area contributed by atoms with Crippen LogP contribution in [0.3, 0.4) is 0 Å². The molecule has 0 unspecified atom stereocenters. The summed E-state index contributed by atoms with van der Waals surface area (Å²) in [5.41, 5.74) is 0. The Morgan fingerprint density at radius 1 is 1.33 bits per heavy atom. The highest BCUT2D eigenvalue weighted by molar-refractivity contribution is 6.30. The van der Waals surface area contributed by atoms with Crippen LogP contribution in [-0.2, 0) is 4.79 Å². The number of rotatable bonds is 1. The summed E-state index contributed by atoms with van der Waals surface area (Å²) >= 11 is 5.54. The van der Waals surface area contributed by atoms with Gasteiger partial charge in [-0.15, -0.1) is 0 Å². The monoisotopic (exact) mass is 226 g/mol. The molecule has 1 aromatic carbocycles. The summed E-state index contributed by atoms with van der Waals surface area (Å²) in [7, 11) is 3.38. The van der Waals surface area contributed by atoms with Crippen LogP contribution in [0.25, 0.3) is 0 Å². The first-order chi connectivity index (χ1) is 7.08. The molecular weight excluding hydrogens is 212 g/mol. The lowest BCUT2D eigenvalue weighted by atomic mass is 10.4. The average molecular weight is 227 g/mol. The second kappa shape index (κ2) is 12.5. The molecule has 0 bridgehead atoms. The molecule has 15 heavy (non-hydrogen) atoms. The van der Waals surface area contributed by atoms with Gasteiger partial charge < -0.3 is 4.90 Å². The minimum absolute atomic E-state index is 0.750. The Morgan fingerprint density at radius 3 is 1.80 bits per heavy atom. The molecule has 1 rings (SSSR count). The third-order valence-electron chi connectivity index (χ3n) is 0.944. The van der Waals surface area contributed by atoms with Crippen LogP contribution in [0.4, 0.5) is 0 Å². The van der Waals surface area contributed by atoms with E-state index in [9.17, 15) is 4.79 Å². The highest BCUT2D eigenvalue weighted by Crippen LogP contribution is 2.03. The minimum Gasteiger partial charge on any atom is -0.351 e. The van der Waals surface area contributed by atoms with Crippen molar-refractivity contribution in [2.75, 3.05) is 14.1 Å². The lowest BCUT2D eigenvalue weighted by Crippen LogP contribution is -2.06. The maximum atomic E-state index is 9.43. The molecule has 0 heterocycles. The van der Waals surface area contributed by atoms with Crippen molar-refractivity contribution in [3.8, 4) is 6.07 Å². The zero-order valence-electron chi connectivity index (χ0n) is 9.14. The number of benzene rings is 1. The van der Waals surface area contributed by atoms with Crippen molar-refractivity contribution in [1.82, 2.24) is 4.90 Å². The quantitative estimate of drug-likeness (QED) is 0.691. The third kappa shape index (κ3) is 19.1. The fourth-order valence-electron chi connectivity index (χ4n) is 0.415. The standard InChI is InChI=1S/C6H5Cl.C3H7NO.C2H3N/c7-6-4-2-1-3-5-6;1-4(2)3-5;1-2-3/h1-5H;3H,1-2H3;1H3. The second-order valence-electron chi connectivity index (χ2n) is 2.59. The van der Waals surface area contributed by atoms with E-state index >= 15 is 0 Å². The molecule has 0 saturated heterocycles. The zero-order chi connectivity index (χ0) is 12.1. The van der Waals surface area contributed by atoms with E-state index in [0.29, 0.717) is 0 Å². The van der Waals surface area contributed by atoms with Crippen molar-refractivity contribution in [3.63, 3.8) is 0 Å². The van der Waals surface area contributed by atoms with Crippen LogP contribution >= 0.6 is 11.6 Å². The number of carbonyl (C=O) groups excluding carboxylic acids is 1. The van der Waals surface area contributed by atoms with Gasteiger partial charge >= 0.3 is 0 Å². The van der Waals surface area contributed by atoms with Gasteiger partial charge in [0.05, 0.1) is 6.07 Å². The molecule has 0 aliphatic heterocycles. The normalized spacial score (nSPS) is 6.87. The van der Waals surface area contributed by atoms with Crippen LogP contribution in [0, 0.1) is 11.3 Å². The van der Waals surface area contributed by atoms with Gasteiger partial charge in [0.1, 0.15) is 0 Å². The van der Waals surface area contributed by atoms with Gasteiger partial charge in [0.25, 0.3) is 0 Å². The van der Waals surface area contributed by atoms with Crippen molar-refractivity contribution < 1.29 is 4.79 Å². The van der Waals surface area contributed by atoms with Gasteiger partial charge in [-0.25, -0.2) is 0 Å². The molecule has 1 aromatic rings. The highest BCUT2D eigenvalue weighted by atomic mass is 35.5. The first-order valence-electron chi connectivity index (χ1n) is 4.21. The molecule has 0 radical (unpaired) electrons. The highest BCUT2D eigenvalue weighted by Gasteiger charge is 1.74. The number of halogens is 1. The Balaban J connectivity index is 0. The van der Waals surface area contributed by atoms with Gasteiger partial charge in [0.15, 0.2) is 0 Å². The van der Waals surface area contributed by atoms with Gasteiger partial charge in [-0.1, -0.05) is 29.8 Å². The molecule has 1 amide bonds. The van der Waals surface area contributed by atoms with Gasteiger partial charge in [-0.05, 0) is 12.1 Å². The van der Waals surface area contributed by atoms with E-state index in [2.05, 4.69) is 0 Å². The van der Waals surface area contributed by atoms with E-state index in [1.165, 1.54) is 11.8 Å². The van der Waals surface area contributed by atoms with Crippen molar-refractivity contribution in [3.05, 3.63) is 35.4 Å².